The van der Waals surface area contributed by atoms with Gasteiger partial charge in [0.1, 0.15) is 17.6 Å². The minimum Gasteiger partial charge on any atom is -0.496 e. The fourth-order valence-corrected chi connectivity index (χ4v) is 2.72. The van der Waals surface area contributed by atoms with E-state index in [-0.39, 0.29) is 12.1 Å². The number of methoxy groups -OCH3 is 1. The van der Waals surface area contributed by atoms with E-state index in [0.29, 0.717) is 0 Å². The maximum Gasteiger partial charge on any atom is 0.123 e. The third-order valence-electron chi connectivity index (χ3n) is 3.82. The van der Waals surface area contributed by atoms with Crippen molar-refractivity contribution in [2.45, 2.75) is 25.5 Å². The molecular weight excluding hydrogens is 250 g/mol. The van der Waals surface area contributed by atoms with Gasteiger partial charge < -0.3 is 15.2 Å². The molecule has 1 heterocycles. The number of ether oxygens (including phenoxy) is 2. The van der Waals surface area contributed by atoms with Gasteiger partial charge >= 0.3 is 0 Å². The van der Waals surface area contributed by atoms with E-state index in [2.05, 4.69) is 19.1 Å². The molecule has 20 heavy (non-hydrogen) atoms. The van der Waals surface area contributed by atoms with Crippen LogP contribution in [0.5, 0.6) is 11.5 Å². The molecule has 0 saturated carbocycles. The van der Waals surface area contributed by atoms with Crippen molar-refractivity contribution in [1.29, 1.82) is 0 Å². The molecule has 3 rings (SSSR count). The highest BCUT2D eigenvalue weighted by molar-refractivity contribution is 5.42. The molecule has 2 aromatic rings. The number of hydrogen-bond acceptors (Lipinski definition) is 3. The molecule has 0 saturated heterocycles. The van der Waals surface area contributed by atoms with Crippen LogP contribution in [0.4, 0.5) is 0 Å². The van der Waals surface area contributed by atoms with E-state index in [0.717, 1.165) is 23.5 Å². The molecule has 0 radical (unpaired) electrons. The highest BCUT2D eigenvalue weighted by Crippen LogP contribution is 2.35. The summed E-state index contributed by atoms with van der Waals surface area (Å²) in [6.45, 7) is 2.06. The first-order valence-corrected chi connectivity index (χ1v) is 6.83. The van der Waals surface area contributed by atoms with Crippen LogP contribution in [0.15, 0.2) is 42.5 Å². The number of benzene rings is 2. The molecule has 0 fully saturated rings. The molecule has 0 amide bonds. The van der Waals surface area contributed by atoms with Crippen LogP contribution >= 0.6 is 0 Å². The van der Waals surface area contributed by atoms with Crippen molar-refractivity contribution in [3.63, 3.8) is 0 Å². The van der Waals surface area contributed by atoms with Crippen molar-refractivity contribution in [3.8, 4) is 11.5 Å². The van der Waals surface area contributed by atoms with Crippen LogP contribution in [-0.2, 0) is 6.42 Å². The minimum atomic E-state index is -0.197. The smallest absolute Gasteiger partial charge is 0.123 e. The summed E-state index contributed by atoms with van der Waals surface area (Å²) in [5.41, 5.74) is 9.82. The fraction of sp³-hybridized carbons (Fsp3) is 0.294. The van der Waals surface area contributed by atoms with Crippen LogP contribution in [0.3, 0.4) is 0 Å². The summed E-state index contributed by atoms with van der Waals surface area (Å²) in [6, 6.07) is 14.0. The van der Waals surface area contributed by atoms with E-state index in [1.54, 1.807) is 7.11 Å². The number of hydrogen-bond donors (Lipinski definition) is 1. The van der Waals surface area contributed by atoms with Crippen molar-refractivity contribution in [2.24, 2.45) is 5.73 Å². The molecule has 0 aliphatic carbocycles. The molecule has 0 spiro atoms. The summed E-state index contributed by atoms with van der Waals surface area (Å²) in [6.07, 6.45) is 0.803. The molecule has 2 aromatic carbocycles. The van der Waals surface area contributed by atoms with E-state index in [4.69, 9.17) is 15.2 Å². The second-order valence-corrected chi connectivity index (χ2v) is 5.24. The Morgan fingerprint density at radius 3 is 2.80 bits per heavy atom. The molecule has 1 aliphatic heterocycles. The Bertz CT molecular complexity index is 599. The van der Waals surface area contributed by atoms with E-state index in [1.165, 1.54) is 11.1 Å². The van der Waals surface area contributed by atoms with Gasteiger partial charge in [-0.25, -0.2) is 0 Å². The summed E-state index contributed by atoms with van der Waals surface area (Å²) < 4.78 is 11.4. The zero-order valence-electron chi connectivity index (χ0n) is 11.8. The lowest BCUT2D eigenvalue weighted by atomic mass is 9.96. The highest BCUT2D eigenvalue weighted by atomic mass is 16.5. The summed E-state index contributed by atoms with van der Waals surface area (Å²) in [7, 11) is 1.67. The number of aryl methyl sites for hydroxylation is 1. The van der Waals surface area contributed by atoms with Crippen LogP contribution in [0.1, 0.15) is 22.7 Å². The van der Waals surface area contributed by atoms with Gasteiger partial charge in [0.05, 0.1) is 13.2 Å². The first-order chi connectivity index (χ1) is 9.69. The highest BCUT2D eigenvalue weighted by Gasteiger charge is 2.30. The van der Waals surface area contributed by atoms with Crippen molar-refractivity contribution in [1.82, 2.24) is 0 Å². The Morgan fingerprint density at radius 1 is 1.25 bits per heavy atom. The van der Waals surface area contributed by atoms with E-state index in [9.17, 15) is 0 Å². The van der Waals surface area contributed by atoms with Crippen molar-refractivity contribution >= 4 is 0 Å². The lowest BCUT2D eigenvalue weighted by Crippen LogP contribution is -2.30. The van der Waals surface area contributed by atoms with Crippen LogP contribution in [-0.4, -0.2) is 13.2 Å². The zero-order chi connectivity index (χ0) is 14.1. The van der Waals surface area contributed by atoms with E-state index >= 15 is 0 Å². The van der Waals surface area contributed by atoms with Gasteiger partial charge in [-0.15, -0.1) is 0 Å². The molecular formula is C17H19NO2. The second kappa shape index (κ2) is 5.17. The predicted molar refractivity (Wildman–Crippen MR) is 79.2 cm³/mol. The Kier molecular flexibility index (Phi) is 3.36. The lowest BCUT2D eigenvalue weighted by molar-refractivity contribution is 0.197. The topological polar surface area (TPSA) is 44.5 Å². The Morgan fingerprint density at radius 2 is 2.05 bits per heavy atom. The van der Waals surface area contributed by atoms with Gasteiger partial charge in [-0.3, -0.25) is 0 Å². The summed E-state index contributed by atoms with van der Waals surface area (Å²) in [5, 5.41) is 0. The lowest BCUT2D eigenvalue weighted by Gasteiger charge is -2.22. The van der Waals surface area contributed by atoms with Gasteiger partial charge in [-0.05, 0) is 24.6 Å². The van der Waals surface area contributed by atoms with Gasteiger partial charge in [0, 0.05) is 12.0 Å². The maximum absolute atomic E-state index is 6.42. The first kappa shape index (κ1) is 13.0. The van der Waals surface area contributed by atoms with Gasteiger partial charge in [-0.2, -0.15) is 0 Å². The summed E-state index contributed by atoms with van der Waals surface area (Å²) in [4.78, 5) is 0. The standard InChI is InChI=1S/C17H19NO2/c1-11-7-8-15(19-2)13(9-11)17(18)16-10-12-5-3-4-6-14(12)20-16/h3-9,16-17H,10,18H2,1-2H3. The van der Waals surface area contributed by atoms with Crippen LogP contribution < -0.4 is 15.2 Å². The van der Waals surface area contributed by atoms with Gasteiger partial charge in [0.25, 0.3) is 0 Å². The Balaban J connectivity index is 1.88. The van der Waals surface area contributed by atoms with E-state index < -0.39 is 0 Å². The summed E-state index contributed by atoms with van der Waals surface area (Å²) in [5.74, 6) is 1.77. The molecule has 0 aromatic heterocycles. The second-order valence-electron chi connectivity index (χ2n) is 5.24. The predicted octanol–water partition coefficient (Wildman–Crippen LogP) is 3.01. The first-order valence-electron chi connectivity index (χ1n) is 6.83. The third kappa shape index (κ3) is 2.25. The van der Waals surface area contributed by atoms with Crippen LogP contribution in [0.2, 0.25) is 0 Å². The van der Waals surface area contributed by atoms with Gasteiger partial charge in [-0.1, -0.05) is 35.9 Å². The third-order valence-corrected chi connectivity index (χ3v) is 3.82. The fourth-order valence-electron chi connectivity index (χ4n) is 2.72. The van der Waals surface area contributed by atoms with Gasteiger partial charge in [0.2, 0.25) is 0 Å². The molecule has 1 aliphatic rings. The van der Waals surface area contributed by atoms with Gasteiger partial charge in [0.15, 0.2) is 0 Å². The molecule has 0 bridgehead atoms. The largest absolute Gasteiger partial charge is 0.496 e. The quantitative estimate of drug-likeness (QED) is 0.931. The minimum absolute atomic E-state index is 0.0388. The van der Waals surface area contributed by atoms with Crippen molar-refractivity contribution in [2.75, 3.05) is 7.11 Å². The van der Waals surface area contributed by atoms with Crippen molar-refractivity contribution in [3.05, 3.63) is 59.2 Å². The van der Waals surface area contributed by atoms with Crippen molar-refractivity contribution < 1.29 is 9.47 Å². The van der Waals surface area contributed by atoms with Crippen LogP contribution in [0.25, 0.3) is 0 Å². The molecule has 104 valence electrons. The Hall–Kier alpha value is -2.00. The number of fused-ring (bicyclic) bond motifs is 1. The van der Waals surface area contributed by atoms with Crippen LogP contribution in [0, 0.1) is 6.92 Å². The number of nitrogens with two attached hydrogens (primary N) is 1. The maximum atomic E-state index is 6.42. The average molecular weight is 269 g/mol. The zero-order valence-corrected chi connectivity index (χ0v) is 11.8. The number of para-hydroxylation sites is 1. The van der Waals surface area contributed by atoms with E-state index in [1.807, 2.05) is 30.3 Å². The molecule has 2 unspecified atom stereocenters. The molecule has 3 heteroatoms. The average Bonchev–Trinajstić information content (AvgIpc) is 2.90. The monoisotopic (exact) mass is 269 g/mol. The number of rotatable bonds is 3. The summed E-state index contributed by atoms with van der Waals surface area (Å²) >= 11 is 0. The molecule has 2 N–H and O–H groups in total. The Labute approximate surface area is 119 Å². The SMILES string of the molecule is COc1ccc(C)cc1C(N)C1Cc2ccccc2O1. The molecule has 2 atom stereocenters. The molecule has 3 nitrogen and oxygen atoms in total. The normalized spacial score (nSPS) is 18.2.